The highest BCUT2D eigenvalue weighted by Crippen LogP contribution is 2.29. The van der Waals surface area contributed by atoms with Gasteiger partial charge in [0, 0.05) is 29.2 Å². The first-order valence-electron chi connectivity index (χ1n) is 10.4. The van der Waals surface area contributed by atoms with Crippen LogP contribution in [-0.2, 0) is 0 Å². The minimum atomic E-state index is 0.0398. The zero-order chi connectivity index (χ0) is 22.6. The van der Waals surface area contributed by atoms with Crippen molar-refractivity contribution in [2.75, 3.05) is 12.9 Å². The van der Waals surface area contributed by atoms with Crippen molar-refractivity contribution >= 4 is 28.3 Å². The fourth-order valence-corrected chi connectivity index (χ4v) is 4.43. The van der Waals surface area contributed by atoms with Crippen LogP contribution in [0.4, 0.5) is 0 Å². The number of carbonyl (C=O) groups is 1. The zero-order valence-electron chi connectivity index (χ0n) is 17.9. The van der Waals surface area contributed by atoms with Gasteiger partial charge in [0.1, 0.15) is 5.75 Å². The Labute approximate surface area is 195 Å². The van der Waals surface area contributed by atoms with Crippen LogP contribution < -0.4 is 4.74 Å². The Kier molecular flexibility index (Phi) is 5.87. The highest BCUT2D eigenvalue weighted by molar-refractivity contribution is 7.99. The molecule has 0 unspecified atom stereocenters. The van der Waals surface area contributed by atoms with Crippen molar-refractivity contribution in [3.8, 4) is 22.8 Å². The number of ketones is 1. The molecule has 0 amide bonds. The first-order valence-corrected chi connectivity index (χ1v) is 11.4. The van der Waals surface area contributed by atoms with Crippen LogP contribution in [0.25, 0.3) is 27.8 Å². The largest absolute Gasteiger partial charge is 0.497 e. The van der Waals surface area contributed by atoms with E-state index in [-0.39, 0.29) is 11.5 Å². The van der Waals surface area contributed by atoms with E-state index < -0.39 is 0 Å². The summed E-state index contributed by atoms with van der Waals surface area (Å²) >= 11 is 1.36. The molecule has 2 heterocycles. The topological polar surface area (TPSA) is 69.9 Å². The fourth-order valence-electron chi connectivity index (χ4n) is 3.59. The van der Waals surface area contributed by atoms with E-state index in [1.165, 1.54) is 11.8 Å². The molecule has 162 valence electrons. The van der Waals surface area contributed by atoms with Gasteiger partial charge >= 0.3 is 0 Å². The Balaban J connectivity index is 1.45. The van der Waals surface area contributed by atoms with E-state index in [1.807, 2.05) is 83.4 Å². The second-order valence-corrected chi connectivity index (χ2v) is 8.30. The summed E-state index contributed by atoms with van der Waals surface area (Å²) in [6, 6.07) is 25.3. The number of hydrogen-bond acceptors (Lipinski definition) is 6. The number of carbonyl (C=O) groups excluding carboxylic acids is 1. The lowest BCUT2D eigenvalue weighted by Crippen LogP contribution is -2.05. The van der Waals surface area contributed by atoms with Crippen molar-refractivity contribution < 1.29 is 9.53 Å². The Bertz CT molecular complexity index is 1420. The molecule has 0 saturated heterocycles. The van der Waals surface area contributed by atoms with E-state index >= 15 is 0 Å². The molecule has 0 N–H and O–H groups in total. The molecule has 7 heteroatoms. The summed E-state index contributed by atoms with van der Waals surface area (Å²) < 4.78 is 7.23. The molecular formula is C26H20N4O2S. The minimum absolute atomic E-state index is 0.0398. The number of fused-ring (bicyclic) bond motifs is 1. The van der Waals surface area contributed by atoms with Gasteiger partial charge in [-0.1, -0.05) is 48.2 Å². The van der Waals surface area contributed by atoms with Gasteiger partial charge in [-0.15, -0.1) is 10.2 Å². The molecule has 0 aliphatic rings. The average molecular weight is 453 g/mol. The molecule has 0 aliphatic carbocycles. The fraction of sp³-hybridized carbons (Fsp3) is 0.0769. The molecule has 0 atom stereocenters. The van der Waals surface area contributed by atoms with Crippen molar-refractivity contribution in [3.63, 3.8) is 0 Å². The summed E-state index contributed by atoms with van der Waals surface area (Å²) in [6.07, 6.45) is 3.47. The summed E-state index contributed by atoms with van der Waals surface area (Å²) in [5.41, 5.74) is 2.40. The molecule has 6 nitrogen and oxygen atoms in total. The lowest BCUT2D eigenvalue weighted by atomic mass is 10.1. The Hall–Kier alpha value is -3.97. The van der Waals surface area contributed by atoms with Crippen molar-refractivity contribution in [2.24, 2.45) is 0 Å². The van der Waals surface area contributed by atoms with Crippen LogP contribution in [-0.4, -0.2) is 38.4 Å². The van der Waals surface area contributed by atoms with Gasteiger partial charge in [0.25, 0.3) is 0 Å². The van der Waals surface area contributed by atoms with Crippen molar-refractivity contribution in [2.45, 2.75) is 5.16 Å². The molecule has 0 bridgehead atoms. The summed E-state index contributed by atoms with van der Waals surface area (Å²) in [5.74, 6) is 1.71. The molecule has 0 fully saturated rings. The van der Waals surface area contributed by atoms with Crippen molar-refractivity contribution in [1.29, 1.82) is 0 Å². The van der Waals surface area contributed by atoms with Gasteiger partial charge in [-0.25, -0.2) is 0 Å². The number of hydrogen-bond donors (Lipinski definition) is 0. The first-order chi connectivity index (χ1) is 16.2. The van der Waals surface area contributed by atoms with Gasteiger partial charge in [0.15, 0.2) is 16.8 Å². The molecule has 2 aromatic heterocycles. The molecule has 0 saturated carbocycles. The van der Waals surface area contributed by atoms with Crippen LogP contribution >= 0.6 is 11.8 Å². The highest BCUT2D eigenvalue weighted by atomic mass is 32.2. The van der Waals surface area contributed by atoms with E-state index in [1.54, 1.807) is 19.5 Å². The summed E-state index contributed by atoms with van der Waals surface area (Å²) in [6.45, 7) is 0. The molecule has 5 rings (SSSR count). The number of benzene rings is 3. The number of aromatic nitrogens is 4. The number of nitrogens with zero attached hydrogens (tertiary/aromatic N) is 4. The Morgan fingerprint density at radius 3 is 2.52 bits per heavy atom. The Morgan fingerprint density at radius 2 is 1.76 bits per heavy atom. The normalized spacial score (nSPS) is 10.9. The third-order valence-corrected chi connectivity index (χ3v) is 6.22. The quantitative estimate of drug-likeness (QED) is 0.241. The van der Waals surface area contributed by atoms with Crippen LogP contribution in [0.3, 0.4) is 0 Å². The molecule has 0 aliphatic heterocycles. The smallest absolute Gasteiger partial charge is 0.196 e. The van der Waals surface area contributed by atoms with Crippen LogP contribution in [0.1, 0.15) is 10.4 Å². The third kappa shape index (κ3) is 4.36. The predicted octanol–water partition coefficient (Wildman–Crippen LogP) is 5.47. The maximum Gasteiger partial charge on any atom is 0.196 e. The van der Waals surface area contributed by atoms with Gasteiger partial charge in [-0.3, -0.25) is 14.3 Å². The molecule has 0 spiro atoms. The monoisotopic (exact) mass is 452 g/mol. The van der Waals surface area contributed by atoms with E-state index in [0.717, 1.165) is 27.8 Å². The maximum atomic E-state index is 13.0. The number of ether oxygens (including phenoxy) is 1. The van der Waals surface area contributed by atoms with Crippen molar-refractivity contribution in [3.05, 3.63) is 96.8 Å². The molecular weight excluding hydrogens is 432 g/mol. The van der Waals surface area contributed by atoms with Crippen LogP contribution in [0.5, 0.6) is 5.75 Å². The standard InChI is InChI=1S/C26H20N4O2S/c1-32-23-12-10-22(11-13-23)30-25(21-7-4-14-27-16-21)28-29-26(30)33-17-24(31)20-9-8-18-5-2-3-6-19(18)15-20/h2-16H,17H2,1H3. The van der Waals surface area contributed by atoms with Gasteiger partial charge < -0.3 is 4.74 Å². The lowest BCUT2D eigenvalue weighted by Gasteiger charge is -2.11. The van der Waals surface area contributed by atoms with Gasteiger partial charge in [0.05, 0.1) is 12.9 Å². The van der Waals surface area contributed by atoms with Crippen LogP contribution in [0, 0.1) is 0 Å². The summed E-state index contributed by atoms with van der Waals surface area (Å²) in [4.78, 5) is 17.2. The minimum Gasteiger partial charge on any atom is -0.497 e. The second-order valence-electron chi connectivity index (χ2n) is 7.36. The SMILES string of the molecule is COc1ccc(-n2c(SCC(=O)c3ccc4ccccc4c3)nnc2-c2cccnc2)cc1. The van der Waals surface area contributed by atoms with Gasteiger partial charge in [-0.2, -0.15) is 0 Å². The number of Topliss-reactive ketones (excluding diaryl/α,β-unsaturated/α-hetero) is 1. The lowest BCUT2D eigenvalue weighted by molar-refractivity contribution is 0.102. The van der Waals surface area contributed by atoms with E-state index in [0.29, 0.717) is 16.5 Å². The van der Waals surface area contributed by atoms with Crippen LogP contribution in [0.2, 0.25) is 0 Å². The highest BCUT2D eigenvalue weighted by Gasteiger charge is 2.18. The van der Waals surface area contributed by atoms with E-state index in [2.05, 4.69) is 15.2 Å². The molecule has 0 radical (unpaired) electrons. The molecule has 3 aromatic carbocycles. The van der Waals surface area contributed by atoms with Crippen LogP contribution in [0.15, 0.2) is 96.4 Å². The number of rotatable bonds is 7. The molecule has 33 heavy (non-hydrogen) atoms. The predicted molar refractivity (Wildman–Crippen MR) is 130 cm³/mol. The van der Waals surface area contributed by atoms with Gasteiger partial charge in [0.2, 0.25) is 0 Å². The van der Waals surface area contributed by atoms with E-state index in [4.69, 9.17) is 4.74 Å². The van der Waals surface area contributed by atoms with Gasteiger partial charge in [-0.05, 0) is 53.2 Å². The number of methoxy groups -OCH3 is 1. The summed E-state index contributed by atoms with van der Waals surface area (Å²) in [5, 5.41) is 11.6. The Morgan fingerprint density at radius 1 is 0.939 bits per heavy atom. The second kappa shape index (κ2) is 9.26. The van der Waals surface area contributed by atoms with E-state index in [9.17, 15) is 4.79 Å². The summed E-state index contributed by atoms with van der Waals surface area (Å²) in [7, 11) is 1.63. The molecule has 5 aromatic rings. The first kappa shape index (κ1) is 20.9. The number of thioether (sulfide) groups is 1. The number of pyridine rings is 1. The zero-order valence-corrected chi connectivity index (χ0v) is 18.7. The van der Waals surface area contributed by atoms with Crippen molar-refractivity contribution in [1.82, 2.24) is 19.7 Å². The average Bonchev–Trinajstić information content (AvgIpc) is 3.31. The third-order valence-electron chi connectivity index (χ3n) is 5.29. The maximum absolute atomic E-state index is 13.0.